The summed E-state index contributed by atoms with van der Waals surface area (Å²) in [6.07, 6.45) is 1.77. The molecule has 5 heteroatoms. The summed E-state index contributed by atoms with van der Waals surface area (Å²) in [5.74, 6) is 0.494. The van der Waals surface area contributed by atoms with Gasteiger partial charge in [0.05, 0.1) is 19.1 Å². The van der Waals surface area contributed by atoms with Crippen LogP contribution in [0.25, 0.3) is 0 Å². The Kier molecular flexibility index (Phi) is 5.88. The van der Waals surface area contributed by atoms with Gasteiger partial charge in [0.1, 0.15) is 0 Å². The summed E-state index contributed by atoms with van der Waals surface area (Å²) in [7, 11) is 1.64. The molecule has 0 spiro atoms. The van der Waals surface area contributed by atoms with Crippen LogP contribution in [0.15, 0.2) is 18.2 Å². The highest BCUT2D eigenvalue weighted by atomic mass is 16.5. The molecule has 1 saturated heterocycles. The molecule has 128 valence electrons. The Bertz CT molecular complexity index is 544. The molecular weight excluding hydrogens is 294 g/mol. The van der Waals surface area contributed by atoms with Crippen molar-refractivity contribution < 1.29 is 19.4 Å². The Balaban J connectivity index is 2.10. The number of likely N-dealkylation sites (tertiary alicyclic amines) is 1. The number of ether oxygens (including phenoxy) is 2. The number of piperidine rings is 1. The maximum Gasteiger partial charge on any atom is 0.307 e. The first-order valence-electron chi connectivity index (χ1n) is 8.21. The summed E-state index contributed by atoms with van der Waals surface area (Å²) < 4.78 is 11.2. The number of aliphatic carboxylic acids is 1. The smallest absolute Gasteiger partial charge is 0.307 e. The summed E-state index contributed by atoms with van der Waals surface area (Å²) in [6.45, 7) is 7.45. The zero-order chi connectivity index (χ0) is 17.0. The van der Waals surface area contributed by atoms with Gasteiger partial charge in [-0.2, -0.15) is 0 Å². The molecule has 0 aromatic heterocycles. The van der Waals surface area contributed by atoms with Crippen molar-refractivity contribution in [1.82, 2.24) is 4.90 Å². The van der Waals surface area contributed by atoms with Crippen molar-refractivity contribution in [1.29, 1.82) is 0 Å². The molecule has 1 aliphatic rings. The minimum Gasteiger partial charge on any atom is -0.493 e. The van der Waals surface area contributed by atoms with Gasteiger partial charge in [-0.1, -0.05) is 6.07 Å². The van der Waals surface area contributed by atoms with Gasteiger partial charge in [0.2, 0.25) is 0 Å². The van der Waals surface area contributed by atoms with Crippen LogP contribution in [-0.2, 0) is 11.3 Å². The predicted octanol–water partition coefficient (Wildman–Crippen LogP) is 3.17. The monoisotopic (exact) mass is 321 g/mol. The van der Waals surface area contributed by atoms with Gasteiger partial charge in [-0.05, 0) is 51.3 Å². The average Bonchev–Trinajstić information content (AvgIpc) is 2.50. The first kappa shape index (κ1) is 17.6. The zero-order valence-electron chi connectivity index (χ0n) is 14.4. The summed E-state index contributed by atoms with van der Waals surface area (Å²) in [4.78, 5) is 13.5. The topological polar surface area (TPSA) is 59.0 Å². The minimum atomic E-state index is -0.694. The number of hydrogen-bond acceptors (Lipinski definition) is 4. The molecule has 1 aromatic rings. The number of hydrogen-bond donors (Lipinski definition) is 1. The highest BCUT2D eigenvalue weighted by Gasteiger charge is 2.29. The third kappa shape index (κ3) is 4.61. The summed E-state index contributed by atoms with van der Waals surface area (Å²) in [5, 5.41) is 9.25. The summed E-state index contributed by atoms with van der Waals surface area (Å²) >= 11 is 0. The van der Waals surface area contributed by atoms with E-state index in [0.29, 0.717) is 12.6 Å². The Hall–Kier alpha value is -1.75. The standard InChI is InChI=1S/C18H27NO4/c1-12(2)23-16-8-6-14(9-17(16)22-4)10-19-11-15(18(20)21)7-5-13(19)3/h6,8-9,12-13,15H,5,7,10-11H2,1-4H3,(H,20,21). The van der Waals surface area contributed by atoms with Gasteiger partial charge in [0, 0.05) is 19.1 Å². The third-order valence-electron chi connectivity index (χ3n) is 4.34. The van der Waals surface area contributed by atoms with E-state index in [-0.39, 0.29) is 12.0 Å². The number of nitrogens with zero attached hydrogens (tertiary/aromatic N) is 1. The molecule has 0 amide bonds. The van der Waals surface area contributed by atoms with Crippen molar-refractivity contribution >= 4 is 5.97 Å². The molecule has 2 atom stereocenters. The van der Waals surface area contributed by atoms with E-state index in [1.54, 1.807) is 7.11 Å². The highest BCUT2D eigenvalue weighted by molar-refractivity contribution is 5.70. The Morgan fingerprint density at radius 2 is 2.09 bits per heavy atom. The van der Waals surface area contributed by atoms with Gasteiger partial charge >= 0.3 is 5.97 Å². The number of rotatable bonds is 6. The van der Waals surface area contributed by atoms with E-state index in [0.717, 1.165) is 36.4 Å². The molecule has 0 saturated carbocycles. The van der Waals surface area contributed by atoms with E-state index >= 15 is 0 Å². The Labute approximate surface area is 138 Å². The molecule has 5 nitrogen and oxygen atoms in total. The van der Waals surface area contributed by atoms with Crippen molar-refractivity contribution in [3.63, 3.8) is 0 Å². The SMILES string of the molecule is COc1cc(CN2CC(C(=O)O)CCC2C)ccc1OC(C)C. The fourth-order valence-corrected chi connectivity index (χ4v) is 3.00. The molecule has 1 fully saturated rings. The molecule has 0 bridgehead atoms. The average molecular weight is 321 g/mol. The van der Waals surface area contributed by atoms with E-state index in [4.69, 9.17) is 9.47 Å². The van der Waals surface area contributed by atoms with E-state index in [1.165, 1.54) is 0 Å². The lowest BCUT2D eigenvalue weighted by Gasteiger charge is -2.36. The van der Waals surface area contributed by atoms with Crippen molar-refractivity contribution in [2.75, 3.05) is 13.7 Å². The van der Waals surface area contributed by atoms with Crippen LogP contribution >= 0.6 is 0 Å². The fraction of sp³-hybridized carbons (Fsp3) is 0.611. The maximum atomic E-state index is 11.2. The number of carbonyl (C=O) groups is 1. The molecular formula is C18H27NO4. The summed E-state index contributed by atoms with van der Waals surface area (Å²) in [5.41, 5.74) is 1.11. The van der Waals surface area contributed by atoms with E-state index in [9.17, 15) is 9.90 Å². The lowest BCUT2D eigenvalue weighted by Crippen LogP contribution is -2.43. The number of carboxylic acid groups (broad SMARTS) is 1. The molecule has 1 aromatic carbocycles. The molecule has 0 aliphatic carbocycles. The van der Waals surface area contributed by atoms with Crippen LogP contribution in [0, 0.1) is 5.92 Å². The molecule has 1 N–H and O–H groups in total. The van der Waals surface area contributed by atoms with Crippen LogP contribution in [0.3, 0.4) is 0 Å². The van der Waals surface area contributed by atoms with Crippen LogP contribution in [0.4, 0.5) is 0 Å². The molecule has 23 heavy (non-hydrogen) atoms. The van der Waals surface area contributed by atoms with Gasteiger partial charge in [0.25, 0.3) is 0 Å². The Morgan fingerprint density at radius 1 is 1.35 bits per heavy atom. The second-order valence-corrected chi connectivity index (χ2v) is 6.54. The molecule has 0 radical (unpaired) electrons. The van der Waals surface area contributed by atoms with Gasteiger partial charge in [-0.25, -0.2) is 0 Å². The highest BCUT2D eigenvalue weighted by Crippen LogP contribution is 2.31. The second-order valence-electron chi connectivity index (χ2n) is 6.54. The van der Waals surface area contributed by atoms with Gasteiger partial charge in [-0.3, -0.25) is 9.69 Å². The quantitative estimate of drug-likeness (QED) is 0.872. The van der Waals surface area contributed by atoms with Crippen molar-refractivity contribution in [2.24, 2.45) is 5.92 Å². The number of benzene rings is 1. The van der Waals surface area contributed by atoms with Crippen LogP contribution in [0.2, 0.25) is 0 Å². The fourth-order valence-electron chi connectivity index (χ4n) is 3.00. The van der Waals surface area contributed by atoms with Crippen molar-refractivity contribution in [3.05, 3.63) is 23.8 Å². The van der Waals surface area contributed by atoms with E-state index < -0.39 is 5.97 Å². The van der Waals surface area contributed by atoms with Gasteiger partial charge in [-0.15, -0.1) is 0 Å². The molecule has 1 aliphatic heterocycles. The maximum absolute atomic E-state index is 11.2. The molecule has 2 unspecified atom stereocenters. The zero-order valence-corrected chi connectivity index (χ0v) is 14.4. The third-order valence-corrected chi connectivity index (χ3v) is 4.34. The summed E-state index contributed by atoms with van der Waals surface area (Å²) in [6, 6.07) is 6.33. The first-order chi connectivity index (χ1) is 10.9. The van der Waals surface area contributed by atoms with Crippen LogP contribution in [0.1, 0.15) is 39.2 Å². The first-order valence-corrected chi connectivity index (χ1v) is 8.21. The van der Waals surface area contributed by atoms with Gasteiger partial charge < -0.3 is 14.6 Å². The van der Waals surface area contributed by atoms with Gasteiger partial charge in [0.15, 0.2) is 11.5 Å². The Morgan fingerprint density at radius 3 is 2.70 bits per heavy atom. The largest absolute Gasteiger partial charge is 0.493 e. The van der Waals surface area contributed by atoms with Crippen molar-refractivity contribution in [2.45, 2.75) is 52.3 Å². The van der Waals surface area contributed by atoms with Crippen LogP contribution in [-0.4, -0.2) is 41.8 Å². The normalized spacial score (nSPS) is 22.1. The van der Waals surface area contributed by atoms with E-state index in [1.807, 2.05) is 32.0 Å². The second kappa shape index (κ2) is 7.68. The molecule has 1 heterocycles. The lowest BCUT2D eigenvalue weighted by atomic mass is 9.93. The number of carboxylic acids is 1. The molecule has 2 rings (SSSR count). The number of methoxy groups -OCH3 is 1. The lowest BCUT2D eigenvalue weighted by molar-refractivity contribution is -0.144. The van der Waals surface area contributed by atoms with E-state index in [2.05, 4.69) is 11.8 Å². The minimum absolute atomic E-state index is 0.0909. The van der Waals surface area contributed by atoms with Crippen LogP contribution in [0.5, 0.6) is 11.5 Å². The van der Waals surface area contributed by atoms with Crippen LogP contribution < -0.4 is 9.47 Å². The van der Waals surface area contributed by atoms with Crippen molar-refractivity contribution in [3.8, 4) is 11.5 Å². The predicted molar refractivity (Wildman–Crippen MR) is 89.0 cm³/mol.